The molecule has 19 heavy (non-hydrogen) atoms. The third kappa shape index (κ3) is 2.82. The van der Waals surface area contributed by atoms with E-state index in [0.717, 1.165) is 5.00 Å². The molecule has 0 aliphatic rings. The molecule has 0 fully saturated rings. The lowest BCUT2D eigenvalue weighted by atomic mass is 10.3. The van der Waals surface area contributed by atoms with Gasteiger partial charge < -0.3 is 21.1 Å². The number of anilines is 2. The van der Waals surface area contributed by atoms with Gasteiger partial charge in [0.15, 0.2) is 5.75 Å². The van der Waals surface area contributed by atoms with Crippen molar-refractivity contribution in [2.45, 2.75) is 6.54 Å². The van der Waals surface area contributed by atoms with Crippen LogP contribution in [0.1, 0.15) is 14.5 Å². The molecule has 0 aliphatic carbocycles. The Bertz CT molecular complexity index is 564. The fourth-order valence-corrected chi connectivity index (χ4v) is 3.29. The molecule has 0 saturated carbocycles. The summed E-state index contributed by atoms with van der Waals surface area (Å²) < 4.78 is 5.27. The number of carbonyl (C=O) groups is 1. The fourth-order valence-electron chi connectivity index (χ4n) is 1.61. The molecule has 2 heterocycles. The molecular weight excluding hydrogens is 282 g/mol. The first-order valence-corrected chi connectivity index (χ1v) is 7.31. The molecule has 4 N–H and O–H groups in total. The van der Waals surface area contributed by atoms with E-state index in [2.05, 4.69) is 10.6 Å². The van der Waals surface area contributed by atoms with E-state index in [4.69, 9.17) is 10.5 Å². The van der Waals surface area contributed by atoms with E-state index >= 15 is 0 Å². The predicted molar refractivity (Wildman–Crippen MR) is 80.3 cm³/mol. The summed E-state index contributed by atoms with van der Waals surface area (Å²) >= 11 is 2.96. The van der Waals surface area contributed by atoms with Gasteiger partial charge in [0.1, 0.15) is 15.6 Å². The Morgan fingerprint density at radius 1 is 1.53 bits per heavy atom. The molecular formula is C12H15N3O2S2. The lowest BCUT2D eigenvalue weighted by Crippen LogP contribution is -2.17. The van der Waals surface area contributed by atoms with Crippen molar-refractivity contribution in [1.82, 2.24) is 5.32 Å². The van der Waals surface area contributed by atoms with Gasteiger partial charge in [0.25, 0.3) is 5.91 Å². The van der Waals surface area contributed by atoms with E-state index in [-0.39, 0.29) is 5.91 Å². The maximum atomic E-state index is 11.7. The standard InChI is InChI=1S/C12H15N3O2S2/c1-14-11(16)10-8(13)9(17-2)12(19-10)15-6-7-4-3-5-18-7/h3-5,15H,6,13H2,1-2H3,(H,14,16). The SMILES string of the molecule is CNC(=O)c1sc(NCc2cccs2)c(OC)c1N. The fraction of sp³-hybridized carbons (Fsp3) is 0.250. The maximum Gasteiger partial charge on any atom is 0.263 e. The third-order valence-electron chi connectivity index (χ3n) is 2.54. The minimum atomic E-state index is -0.204. The molecule has 102 valence electrons. The van der Waals surface area contributed by atoms with E-state index in [0.29, 0.717) is 22.9 Å². The molecule has 7 heteroatoms. The molecule has 0 bridgehead atoms. The number of nitrogens with one attached hydrogen (secondary N) is 2. The van der Waals surface area contributed by atoms with Crippen LogP contribution < -0.4 is 21.1 Å². The van der Waals surface area contributed by atoms with Gasteiger partial charge in [-0.1, -0.05) is 6.07 Å². The van der Waals surface area contributed by atoms with Crippen molar-refractivity contribution in [3.05, 3.63) is 27.3 Å². The van der Waals surface area contributed by atoms with Crippen molar-refractivity contribution in [3.63, 3.8) is 0 Å². The van der Waals surface area contributed by atoms with Crippen LogP contribution in [0.15, 0.2) is 17.5 Å². The normalized spacial score (nSPS) is 10.2. The number of hydrogen-bond acceptors (Lipinski definition) is 6. The predicted octanol–water partition coefficient (Wildman–Crippen LogP) is 2.37. The zero-order valence-electron chi connectivity index (χ0n) is 10.6. The van der Waals surface area contributed by atoms with Crippen molar-refractivity contribution in [2.75, 3.05) is 25.2 Å². The number of nitrogens with two attached hydrogens (primary N) is 1. The van der Waals surface area contributed by atoms with Crippen molar-refractivity contribution in [1.29, 1.82) is 0 Å². The molecule has 2 aromatic rings. The molecule has 0 aromatic carbocycles. The number of ether oxygens (including phenoxy) is 1. The summed E-state index contributed by atoms with van der Waals surface area (Å²) in [7, 11) is 3.12. The van der Waals surface area contributed by atoms with Crippen LogP contribution in [0.25, 0.3) is 0 Å². The van der Waals surface area contributed by atoms with Crippen molar-refractivity contribution in [3.8, 4) is 5.75 Å². The second-order valence-corrected chi connectivity index (χ2v) is 5.77. The summed E-state index contributed by atoms with van der Waals surface area (Å²) in [5.41, 5.74) is 6.30. The Morgan fingerprint density at radius 3 is 2.89 bits per heavy atom. The second kappa shape index (κ2) is 5.94. The minimum Gasteiger partial charge on any atom is -0.492 e. The van der Waals surface area contributed by atoms with Gasteiger partial charge in [-0.3, -0.25) is 4.79 Å². The van der Waals surface area contributed by atoms with Crippen LogP contribution in [-0.2, 0) is 6.54 Å². The smallest absolute Gasteiger partial charge is 0.263 e. The first-order chi connectivity index (χ1) is 9.17. The Kier molecular flexibility index (Phi) is 4.28. The van der Waals surface area contributed by atoms with E-state index in [1.807, 2.05) is 17.5 Å². The second-order valence-electron chi connectivity index (χ2n) is 3.72. The number of nitrogen functional groups attached to an aromatic ring is 1. The van der Waals surface area contributed by atoms with Crippen molar-refractivity contribution >= 4 is 39.3 Å². The highest BCUT2D eigenvalue weighted by atomic mass is 32.1. The molecule has 0 aliphatic heterocycles. The van der Waals surface area contributed by atoms with Gasteiger partial charge in [-0.2, -0.15) is 0 Å². The molecule has 2 aromatic heterocycles. The Labute approximate surface area is 119 Å². The van der Waals surface area contributed by atoms with Crippen LogP contribution in [0.3, 0.4) is 0 Å². The summed E-state index contributed by atoms with van der Waals surface area (Å²) in [5.74, 6) is 0.324. The van der Waals surface area contributed by atoms with Gasteiger partial charge >= 0.3 is 0 Å². The van der Waals surface area contributed by atoms with Crippen LogP contribution in [0.4, 0.5) is 10.7 Å². The number of thiophene rings is 2. The van der Waals surface area contributed by atoms with E-state index < -0.39 is 0 Å². The van der Waals surface area contributed by atoms with Gasteiger partial charge in [0, 0.05) is 11.9 Å². The number of methoxy groups -OCH3 is 1. The molecule has 0 saturated heterocycles. The average molecular weight is 297 g/mol. The lowest BCUT2D eigenvalue weighted by molar-refractivity contribution is 0.0967. The third-order valence-corrected chi connectivity index (χ3v) is 4.56. The van der Waals surface area contributed by atoms with E-state index in [9.17, 15) is 4.79 Å². The molecule has 0 atom stereocenters. The lowest BCUT2D eigenvalue weighted by Gasteiger charge is -2.05. The van der Waals surface area contributed by atoms with Crippen LogP contribution >= 0.6 is 22.7 Å². The topological polar surface area (TPSA) is 76.4 Å². The van der Waals surface area contributed by atoms with Crippen molar-refractivity contribution in [2.24, 2.45) is 0 Å². The van der Waals surface area contributed by atoms with Crippen LogP contribution in [0, 0.1) is 0 Å². The highest BCUT2D eigenvalue weighted by Gasteiger charge is 2.20. The Hall–Kier alpha value is -1.73. The van der Waals surface area contributed by atoms with Crippen LogP contribution in [0.5, 0.6) is 5.75 Å². The minimum absolute atomic E-state index is 0.204. The number of hydrogen-bond donors (Lipinski definition) is 3. The summed E-state index contributed by atoms with van der Waals surface area (Å²) in [6, 6.07) is 4.04. The van der Waals surface area contributed by atoms with E-state index in [1.54, 1.807) is 25.5 Å². The van der Waals surface area contributed by atoms with Gasteiger partial charge in [0.05, 0.1) is 13.7 Å². The first-order valence-electron chi connectivity index (χ1n) is 5.62. The first kappa shape index (κ1) is 13.7. The molecule has 0 unspecified atom stereocenters. The van der Waals surface area contributed by atoms with Crippen molar-refractivity contribution < 1.29 is 9.53 Å². The Morgan fingerprint density at radius 2 is 2.32 bits per heavy atom. The molecule has 2 rings (SSSR count). The molecule has 1 amide bonds. The van der Waals surface area contributed by atoms with E-state index in [1.165, 1.54) is 16.2 Å². The summed E-state index contributed by atoms with van der Waals surface area (Å²) in [6.45, 7) is 0.682. The highest BCUT2D eigenvalue weighted by Crippen LogP contribution is 2.42. The largest absolute Gasteiger partial charge is 0.492 e. The quantitative estimate of drug-likeness (QED) is 0.792. The summed E-state index contributed by atoms with van der Waals surface area (Å²) in [4.78, 5) is 13.4. The number of rotatable bonds is 5. The number of amides is 1. The average Bonchev–Trinajstić information content (AvgIpc) is 3.03. The zero-order chi connectivity index (χ0) is 13.8. The van der Waals surface area contributed by atoms with Gasteiger partial charge in [-0.05, 0) is 11.4 Å². The van der Waals surface area contributed by atoms with Crippen LogP contribution in [0.2, 0.25) is 0 Å². The summed E-state index contributed by atoms with van der Waals surface area (Å²) in [6.07, 6.45) is 0. The molecule has 0 radical (unpaired) electrons. The molecule has 0 spiro atoms. The summed E-state index contributed by atoms with van der Waals surface area (Å²) in [5, 5.41) is 8.61. The molecule has 5 nitrogen and oxygen atoms in total. The number of carbonyl (C=O) groups excluding carboxylic acids is 1. The van der Waals surface area contributed by atoms with Crippen LogP contribution in [-0.4, -0.2) is 20.1 Å². The van der Waals surface area contributed by atoms with Gasteiger partial charge in [-0.25, -0.2) is 0 Å². The van der Waals surface area contributed by atoms with Gasteiger partial charge in [-0.15, -0.1) is 22.7 Å². The monoisotopic (exact) mass is 297 g/mol. The Balaban J connectivity index is 2.22. The zero-order valence-corrected chi connectivity index (χ0v) is 12.3. The maximum absolute atomic E-state index is 11.7. The van der Waals surface area contributed by atoms with Gasteiger partial charge in [0.2, 0.25) is 0 Å². The highest BCUT2D eigenvalue weighted by molar-refractivity contribution is 7.19.